The summed E-state index contributed by atoms with van der Waals surface area (Å²) in [5, 5.41) is 5.55. The van der Waals surface area contributed by atoms with E-state index in [1.165, 1.54) is 51.9 Å². The SMILES string of the molecule is COC(=O)c1c(NC(=O)CSc2ncnc3sc4c(c23)CCC(C)C4)sc2c1CCC2. The first-order valence-electron chi connectivity index (χ1n) is 10.5. The predicted octanol–water partition coefficient (Wildman–Crippen LogP) is 4.88. The zero-order valence-corrected chi connectivity index (χ0v) is 19.9. The van der Waals surface area contributed by atoms with Crippen LogP contribution in [0.5, 0.6) is 0 Å². The Morgan fingerprint density at radius 1 is 1.19 bits per heavy atom. The molecule has 1 N–H and O–H groups in total. The number of hydrogen-bond acceptors (Lipinski definition) is 8. The zero-order chi connectivity index (χ0) is 21.5. The Bertz CT molecular complexity index is 1180. The normalized spacial score (nSPS) is 17.4. The van der Waals surface area contributed by atoms with Crippen molar-refractivity contribution in [1.82, 2.24) is 9.97 Å². The van der Waals surface area contributed by atoms with E-state index in [0.29, 0.717) is 16.5 Å². The number of aromatic nitrogens is 2. The van der Waals surface area contributed by atoms with Crippen molar-refractivity contribution in [2.24, 2.45) is 5.92 Å². The number of thiophene rings is 2. The standard InChI is InChI=1S/C22H23N3O3S3/c1-11-6-7-13-15(8-11)31-20-17(13)19(23-10-24-20)29-9-16(26)25-21-18(22(27)28-2)12-4-3-5-14(12)30-21/h10-11H,3-9H2,1-2H3,(H,25,26). The number of carbonyl (C=O) groups excluding carboxylic acids is 2. The number of thioether (sulfide) groups is 1. The lowest BCUT2D eigenvalue weighted by Crippen LogP contribution is -2.16. The minimum atomic E-state index is -0.376. The summed E-state index contributed by atoms with van der Waals surface area (Å²) >= 11 is 4.70. The van der Waals surface area contributed by atoms with E-state index in [1.54, 1.807) is 17.7 Å². The molecule has 0 saturated heterocycles. The fraction of sp³-hybridized carbons (Fsp3) is 0.455. The fourth-order valence-corrected chi connectivity index (χ4v) is 8.00. The molecular weight excluding hydrogens is 450 g/mol. The number of ether oxygens (including phenoxy) is 1. The van der Waals surface area contributed by atoms with Crippen LogP contribution in [0.1, 0.15) is 51.0 Å². The monoisotopic (exact) mass is 473 g/mol. The highest BCUT2D eigenvalue weighted by molar-refractivity contribution is 8.00. The maximum absolute atomic E-state index is 12.8. The van der Waals surface area contributed by atoms with Crippen LogP contribution in [-0.4, -0.2) is 34.7 Å². The third kappa shape index (κ3) is 3.87. The van der Waals surface area contributed by atoms with Gasteiger partial charge in [-0.05, 0) is 55.6 Å². The molecule has 31 heavy (non-hydrogen) atoms. The molecule has 0 spiro atoms. The van der Waals surface area contributed by atoms with Crippen LogP contribution < -0.4 is 5.32 Å². The van der Waals surface area contributed by atoms with Crippen molar-refractivity contribution in [2.45, 2.75) is 50.5 Å². The number of amides is 1. The summed E-state index contributed by atoms with van der Waals surface area (Å²) in [6.07, 6.45) is 7.78. The summed E-state index contributed by atoms with van der Waals surface area (Å²) in [4.78, 5) is 37.6. The van der Waals surface area contributed by atoms with Gasteiger partial charge in [0, 0.05) is 15.1 Å². The highest BCUT2D eigenvalue weighted by atomic mass is 32.2. The van der Waals surface area contributed by atoms with E-state index >= 15 is 0 Å². The fourth-order valence-electron chi connectivity index (χ4n) is 4.46. The van der Waals surface area contributed by atoms with Crippen molar-refractivity contribution in [3.63, 3.8) is 0 Å². The molecule has 162 valence electrons. The van der Waals surface area contributed by atoms with Crippen LogP contribution in [0.15, 0.2) is 11.4 Å². The quantitative estimate of drug-likeness (QED) is 0.323. The van der Waals surface area contributed by atoms with Crippen LogP contribution in [0.2, 0.25) is 0 Å². The van der Waals surface area contributed by atoms with Gasteiger partial charge >= 0.3 is 5.97 Å². The second-order valence-electron chi connectivity index (χ2n) is 8.10. The highest BCUT2D eigenvalue weighted by Gasteiger charge is 2.28. The lowest BCUT2D eigenvalue weighted by molar-refractivity contribution is -0.113. The number of hydrogen-bond donors (Lipinski definition) is 1. The molecule has 9 heteroatoms. The van der Waals surface area contributed by atoms with Crippen molar-refractivity contribution in [3.05, 3.63) is 32.8 Å². The van der Waals surface area contributed by atoms with Gasteiger partial charge in [-0.25, -0.2) is 14.8 Å². The van der Waals surface area contributed by atoms with Crippen LogP contribution >= 0.6 is 34.4 Å². The van der Waals surface area contributed by atoms with Gasteiger partial charge in [0.25, 0.3) is 0 Å². The summed E-state index contributed by atoms with van der Waals surface area (Å²) in [6, 6.07) is 0. The van der Waals surface area contributed by atoms with Gasteiger partial charge < -0.3 is 10.1 Å². The lowest BCUT2D eigenvalue weighted by Gasteiger charge is -2.18. The molecule has 1 amide bonds. The van der Waals surface area contributed by atoms with Gasteiger partial charge in [-0.1, -0.05) is 18.7 Å². The van der Waals surface area contributed by atoms with Crippen LogP contribution in [-0.2, 0) is 35.2 Å². The van der Waals surface area contributed by atoms with Crippen molar-refractivity contribution in [2.75, 3.05) is 18.2 Å². The topological polar surface area (TPSA) is 81.2 Å². The van der Waals surface area contributed by atoms with Crippen molar-refractivity contribution in [1.29, 1.82) is 0 Å². The van der Waals surface area contributed by atoms with Crippen LogP contribution in [0.3, 0.4) is 0 Å². The lowest BCUT2D eigenvalue weighted by atomic mass is 9.89. The maximum Gasteiger partial charge on any atom is 0.341 e. The van der Waals surface area contributed by atoms with Crippen LogP contribution in [0.4, 0.5) is 5.00 Å². The second kappa shape index (κ2) is 8.52. The summed E-state index contributed by atoms with van der Waals surface area (Å²) < 4.78 is 4.97. The average molecular weight is 474 g/mol. The Morgan fingerprint density at radius 2 is 2.06 bits per heavy atom. The van der Waals surface area contributed by atoms with E-state index in [0.717, 1.165) is 52.9 Å². The Kier molecular flexibility index (Phi) is 5.75. The Morgan fingerprint density at radius 3 is 2.90 bits per heavy atom. The molecule has 1 unspecified atom stereocenters. The summed E-state index contributed by atoms with van der Waals surface area (Å²) in [5.74, 6) is 0.418. The summed E-state index contributed by atoms with van der Waals surface area (Å²) in [6.45, 7) is 2.29. The van der Waals surface area contributed by atoms with Gasteiger partial charge in [0.05, 0.1) is 18.4 Å². The maximum atomic E-state index is 12.8. The number of nitrogens with zero attached hydrogens (tertiary/aromatic N) is 2. The third-order valence-electron chi connectivity index (χ3n) is 5.96. The molecule has 0 aliphatic heterocycles. The Hall–Kier alpha value is -1.97. The van der Waals surface area contributed by atoms with E-state index in [1.807, 2.05) is 0 Å². The smallest absolute Gasteiger partial charge is 0.341 e. The number of methoxy groups -OCH3 is 1. The zero-order valence-electron chi connectivity index (χ0n) is 17.4. The van der Waals surface area contributed by atoms with Crippen molar-refractivity contribution in [3.8, 4) is 0 Å². The van der Waals surface area contributed by atoms with E-state index < -0.39 is 0 Å². The number of aryl methyl sites for hydroxylation is 2. The molecule has 0 radical (unpaired) electrons. The number of carbonyl (C=O) groups is 2. The number of fused-ring (bicyclic) bond motifs is 4. The molecule has 2 aliphatic rings. The molecule has 2 aliphatic carbocycles. The van der Waals surface area contributed by atoms with E-state index in [9.17, 15) is 9.59 Å². The second-order valence-corrected chi connectivity index (χ2v) is 11.3. The third-order valence-corrected chi connectivity index (χ3v) is 9.32. The van der Waals surface area contributed by atoms with E-state index in [-0.39, 0.29) is 17.6 Å². The molecule has 0 bridgehead atoms. The molecule has 0 aromatic carbocycles. The van der Waals surface area contributed by atoms with Gasteiger partial charge in [-0.15, -0.1) is 22.7 Å². The van der Waals surface area contributed by atoms with Crippen molar-refractivity contribution < 1.29 is 14.3 Å². The predicted molar refractivity (Wildman–Crippen MR) is 126 cm³/mol. The summed E-state index contributed by atoms with van der Waals surface area (Å²) in [7, 11) is 1.38. The summed E-state index contributed by atoms with van der Waals surface area (Å²) in [5.41, 5.74) is 2.93. The largest absolute Gasteiger partial charge is 0.465 e. The number of rotatable bonds is 5. The molecule has 1 atom stereocenters. The van der Waals surface area contributed by atoms with Crippen LogP contribution in [0.25, 0.3) is 10.2 Å². The first-order valence-corrected chi connectivity index (χ1v) is 13.1. The van der Waals surface area contributed by atoms with Crippen molar-refractivity contribution >= 4 is 61.5 Å². The van der Waals surface area contributed by atoms with Gasteiger partial charge in [0.2, 0.25) is 5.91 Å². The van der Waals surface area contributed by atoms with Gasteiger partial charge in [-0.2, -0.15) is 0 Å². The molecule has 3 aromatic rings. The number of esters is 1. The highest BCUT2D eigenvalue weighted by Crippen LogP contribution is 2.41. The average Bonchev–Trinajstić information content (AvgIpc) is 3.43. The minimum Gasteiger partial charge on any atom is -0.465 e. The van der Waals surface area contributed by atoms with Gasteiger partial charge in [-0.3, -0.25) is 4.79 Å². The van der Waals surface area contributed by atoms with E-state index in [4.69, 9.17) is 4.74 Å². The molecule has 3 aromatic heterocycles. The number of nitrogens with one attached hydrogen (secondary N) is 1. The molecule has 3 heterocycles. The molecular formula is C22H23N3O3S3. The van der Waals surface area contributed by atoms with Gasteiger partial charge in [0.1, 0.15) is 21.2 Å². The first-order chi connectivity index (χ1) is 15.0. The first kappa shape index (κ1) is 20.9. The van der Waals surface area contributed by atoms with E-state index in [2.05, 4.69) is 22.2 Å². The molecule has 0 saturated carbocycles. The van der Waals surface area contributed by atoms with Crippen LogP contribution in [0, 0.1) is 5.92 Å². The molecule has 0 fully saturated rings. The molecule has 6 nitrogen and oxygen atoms in total. The minimum absolute atomic E-state index is 0.139. The molecule has 5 rings (SSSR count). The van der Waals surface area contributed by atoms with Gasteiger partial charge in [0.15, 0.2) is 0 Å². The Labute approximate surface area is 192 Å². The number of anilines is 1. The Balaban J connectivity index is 1.34.